The highest BCUT2D eigenvalue weighted by atomic mass is 19.4. The van der Waals surface area contributed by atoms with Crippen LogP contribution in [0.4, 0.5) is 19.0 Å². The van der Waals surface area contributed by atoms with Crippen LogP contribution in [-0.4, -0.2) is 29.5 Å². The molecule has 3 aromatic rings. The molecule has 0 spiro atoms. The number of allylic oxidation sites excluding steroid dienone is 1. The van der Waals surface area contributed by atoms with Gasteiger partial charge in [-0.2, -0.15) is 13.2 Å². The van der Waals surface area contributed by atoms with Crippen LogP contribution in [-0.2, 0) is 6.18 Å². The molecule has 2 aromatic heterocycles. The molecular weight excluding hydrogens is 481 g/mol. The lowest BCUT2D eigenvalue weighted by molar-refractivity contribution is -0.137. The zero-order valence-corrected chi connectivity index (χ0v) is 20.8. The first-order chi connectivity index (χ1) is 17.6. The highest BCUT2D eigenvalue weighted by Gasteiger charge is 2.30. The molecule has 9 heteroatoms. The monoisotopic (exact) mass is 510 g/mol. The van der Waals surface area contributed by atoms with Crippen molar-refractivity contribution in [3.63, 3.8) is 0 Å². The number of halogens is 3. The Morgan fingerprint density at radius 1 is 1.16 bits per heavy atom. The van der Waals surface area contributed by atoms with Crippen molar-refractivity contribution in [2.24, 2.45) is 5.73 Å². The van der Waals surface area contributed by atoms with E-state index in [0.717, 1.165) is 61.6 Å². The van der Waals surface area contributed by atoms with Crippen LogP contribution in [0.25, 0.3) is 6.08 Å². The molecular formula is C28H29F3N4O2. The van der Waals surface area contributed by atoms with Gasteiger partial charge in [0.15, 0.2) is 0 Å². The van der Waals surface area contributed by atoms with Crippen LogP contribution < -0.4 is 15.4 Å². The van der Waals surface area contributed by atoms with Gasteiger partial charge in [-0.3, -0.25) is 4.79 Å². The summed E-state index contributed by atoms with van der Waals surface area (Å²) in [4.78, 5) is 22.6. The summed E-state index contributed by atoms with van der Waals surface area (Å²) in [7, 11) is 1.96. The third-order valence-corrected chi connectivity index (χ3v) is 6.57. The Morgan fingerprint density at radius 3 is 2.54 bits per heavy atom. The van der Waals surface area contributed by atoms with E-state index in [4.69, 9.17) is 15.5 Å². The number of ether oxygens (including phenoxy) is 1. The van der Waals surface area contributed by atoms with Gasteiger partial charge in [-0.05, 0) is 68.5 Å². The first-order valence-electron chi connectivity index (χ1n) is 12.2. The maximum atomic E-state index is 12.7. The maximum absolute atomic E-state index is 12.7. The van der Waals surface area contributed by atoms with Gasteiger partial charge in [0.25, 0.3) is 5.91 Å². The Labute approximate surface area is 214 Å². The average molecular weight is 511 g/mol. The smallest absolute Gasteiger partial charge is 0.417 e. The minimum Gasteiger partial charge on any atom is -0.439 e. The topological polar surface area (TPSA) is 81.3 Å². The summed E-state index contributed by atoms with van der Waals surface area (Å²) in [6.07, 6.45) is 1.83. The summed E-state index contributed by atoms with van der Waals surface area (Å²) in [5.74, 6) is 1.08. The molecule has 1 aliphatic carbocycles. The number of nitrogens with two attached hydrogens (primary N) is 1. The largest absolute Gasteiger partial charge is 0.439 e. The summed E-state index contributed by atoms with van der Waals surface area (Å²) in [6.45, 7) is 2.85. The predicted octanol–water partition coefficient (Wildman–Crippen LogP) is 6.58. The van der Waals surface area contributed by atoms with E-state index in [1.54, 1.807) is 12.1 Å². The lowest BCUT2D eigenvalue weighted by atomic mass is 9.81. The van der Waals surface area contributed by atoms with Crippen molar-refractivity contribution >= 4 is 17.8 Å². The van der Waals surface area contributed by atoms with Crippen LogP contribution in [0.2, 0.25) is 0 Å². The molecule has 6 nitrogen and oxygen atoms in total. The van der Waals surface area contributed by atoms with Gasteiger partial charge in [0.2, 0.25) is 5.88 Å². The van der Waals surface area contributed by atoms with Crippen molar-refractivity contribution in [3.8, 4) is 11.6 Å². The number of rotatable bonds is 7. The summed E-state index contributed by atoms with van der Waals surface area (Å²) < 4.78 is 43.9. The highest BCUT2D eigenvalue weighted by molar-refractivity contribution is 5.94. The van der Waals surface area contributed by atoms with E-state index in [9.17, 15) is 18.0 Å². The predicted molar refractivity (Wildman–Crippen MR) is 137 cm³/mol. The quantitative estimate of drug-likeness (QED) is 0.388. The Balaban J connectivity index is 1.44. The molecule has 2 heterocycles. The minimum absolute atomic E-state index is 0.0898. The summed E-state index contributed by atoms with van der Waals surface area (Å²) >= 11 is 0. The molecule has 1 fully saturated rings. The fourth-order valence-corrected chi connectivity index (χ4v) is 4.40. The number of amides is 1. The number of benzene rings is 1. The Kier molecular flexibility index (Phi) is 7.80. The highest BCUT2D eigenvalue weighted by Crippen LogP contribution is 2.38. The Hall–Kier alpha value is -3.88. The van der Waals surface area contributed by atoms with Gasteiger partial charge in [0, 0.05) is 31.8 Å². The lowest BCUT2D eigenvalue weighted by Crippen LogP contribution is -2.22. The number of aromatic nitrogens is 2. The molecule has 37 heavy (non-hydrogen) atoms. The fraction of sp³-hybridized carbons (Fsp3) is 0.321. The van der Waals surface area contributed by atoms with Crippen LogP contribution in [0.15, 0.2) is 60.3 Å². The molecule has 0 radical (unpaired) electrons. The van der Waals surface area contributed by atoms with E-state index in [0.29, 0.717) is 11.3 Å². The molecule has 0 bridgehead atoms. The third-order valence-electron chi connectivity index (χ3n) is 6.57. The number of primary amides is 1. The second-order valence-corrected chi connectivity index (χ2v) is 9.11. The number of carbonyl (C=O) groups excluding carboxylic acids is 1. The zero-order valence-electron chi connectivity index (χ0n) is 20.8. The molecule has 0 atom stereocenters. The molecule has 1 aromatic carbocycles. The van der Waals surface area contributed by atoms with Crippen LogP contribution in [0.5, 0.6) is 11.6 Å². The number of nitrogens with zero attached hydrogens (tertiary/aromatic N) is 3. The summed E-state index contributed by atoms with van der Waals surface area (Å²) in [6, 6.07) is 13.1. The van der Waals surface area contributed by atoms with Crippen molar-refractivity contribution in [2.75, 3.05) is 18.5 Å². The molecule has 0 saturated heterocycles. The second-order valence-electron chi connectivity index (χ2n) is 9.11. The van der Waals surface area contributed by atoms with Crippen molar-refractivity contribution in [2.45, 2.75) is 44.7 Å². The number of anilines is 1. The fourth-order valence-electron chi connectivity index (χ4n) is 4.40. The van der Waals surface area contributed by atoms with Crippen LogP contribution in [0.3, 0.4) is 0 Å². The summed E-state index contributed by atoms with van der Waals surface area (Å²) in [5.41, 5.74) is 8.26. The zero-order chi connectivity index (χ0) is 26.6. The third kappa shape index (κ3) is 6.47. The van der Waals surface area contributed by atoms with Crippen LogP contribution >= 0.6 is 0 Å². The number of carbonyl (C=O) groups is 1. The van der Waals surface area contributed by atoms with E-state index >= 15 is 0 Å². The first-order valence-corrected chi connectivity index (χ1v) is 12.2. The van der Waals surface area contributed by atoms with Crippen molar-refractivity contribution < 1.29 is 22.7 Å². The summed E-state index contributed by atoms with van der Waals surface area (Å²) in [5, 5.41) is 0. The van der Waals surface area contributed by atoms with Crippen LogP contribution in [0.1, 0.15) is 65.7 Å². The average Bonchev–Trinajstić information content (AvgIpc) is 2.88. The van der Waals surface area contributed by atoms with Gasteiger partial charge in [-0.25, -0.2) is 9.97 Å². The second kappa shape index (κ2) is 11.0. The van der Waals surface area contributed by atoms with E-state index < -0.39 is 17.6 Å². The van der Waals surface area contributed by atoms with E-state index in [-0.39, 0.29) is 11.8 Å². The Bertz CT molecular complexity index is 1280. The van der Waals surface area contributed by atoms with Gasteiger partial charge in [-0.15, -0.1) is 0 Å². The van der Waals surface area contributed by atoms with Crippen molar-refractivity contribution in [1.82, 2.24) is 9.97 Å². The lowest BCUT2D eigenvalue weighted by Gasteiger charge is -2.26. The minimum atomic E-state index is -4.44. The molecule has 1 saturated carbocycles. The van der Waals surface area contributed by atoms with Gasteiger partial charge in [-0.1, -0.05) is 23.8 Å². The van der Waals surface area contributed by atoms with Gasteiger partial charge >= 0.3 is 6.18 Å². The first kappa shape index (κ1) is 26.2. The number of hydrogen-bond donors (Lipinski definition) is 1. The molecule has 0 aliphatic heterocycles. The standard InChI is InChI=1S/C28H29F3N4O2/c1-3-35(2)24-13-12-23(27(32)36)26(34-24)20-9-7-18(8-10-20)15-19-5-4-6-22(16-19)37-25-14-11-21(17-33-25)28(29,30)31/h4-6,11-17,20H,3,7-10H2,1-2H3,(H2,32,36). The van der Waals surface area contributed by atoms with E-state index in [1.165, 1.54) is 11.6 Å². The number of alkyl halides is 3. The Morgan fingerprint density at radius 2 is 1.92 bits per heavy atom. The van der Waals surface area contributed by atoms with Crippen molar-refractivity contribution in [3.05, 3.63) is 82.7 Å². The maximum Gasteiger partial charge on any atom is 0.417 e. The van der Waals surface area contributed by atoms with E-state index in [2.05, 4.69) is 11.1 Å². The van der Waals surface area contributed by atoms with E-state index in [1.807, 2.05) is 43.1 Å². The van der Waals surface area contributed by atoms with Gasteiger partial charge < -0.3 is 15.4 Å². The van der Waals surface area contributed by atoms with Gasteiger partial charge in [0.1, 0.15) is 11.6 Å². The van der Waals surface area contributed by atoms with Gasteiger partial charge in [0.05, 0.1) is 16.8 Å². The SMILES string of the molecule is CCN(C)c1ccc(C(N)=O)c(C2CCC(=Cc3cccc(Oc4ccc(C(F)(F)F)cn4)c3)CC2)n1. The van der Waals surface area contributed by atoms with Crippen LogP contribution in [0, 0.1) is 0 Å². The molecule has 1 aliphatic rings. The van der Waals surface area contributed by atoms with Crippen molar-refractivity contribution in [1.29, 1.82) is 0 Å². The molecule has 194 valence electrons. The molecule has 2 N–H and O–H groups in total. The molecule has 4 rings (SSSR count). The number of pyridine rings is 2. The molecule has 1 amide bonds. The number of hydrogen-bond acceptors (Lipinski definition) is 5. The normalized spacial score (nSPS) is 15.8. The molecule has 0 unspecified atom stereocenters.